The van der Waals surface area contributed by atoms with Crippen molar-refractivity contribution in [1.29, 1.82) is 0 Å². The quantitative estimate of drug-likeness (QED) is 0.436. The number of anilines is 1. The average molecular weight is 448 g/mol. The minimum absolute atomic E-state index is 0.174. The smallest absolute Gasteiger partial charge is 0.284 e. The van der Waals surface area contributed by atoms with Gasteiger partial charge in [0.1, 0.15) is 5.75 Å². The Kier molecular flexibility index (Phi) is 5.52. The summed E-state index contributed by atoms with van der Waals surface area (Å²) in [7, 11) is 1.59. The van der Waals surface area contributed by atoms with Crippen LogP contribution >= 0.6 is 27.3 Å². The lowest BCUT2D eigenvalue weighted by atomic mass is 10.1. The Morgan fingerprint density at radius 1 is 1.30 bits per heavy atom. The largest absolute Gasteiger partial charge is 0.496 e. The molecule has 0 fully saturated rings. The number of halogens is 1. The molecule has 1 heterocycles. The van der Waals surface area contributed by atoms with Crippen molar-refractivity contribution >= 4 is 44.0 Å². The maximum atomic E-state index is 12.4. The van der Waals surface area contributed by atoms with E-state index < -0.39 is 10.8 Å². The summed E-state index contributed by atoms with van der Waals surface area (Å²) in [5, 5.41) is 15.9. The van der Waals surface area contributed by atoms with Crippen molar-refractivity contribution in [3.63, 3.8) is 0 Å². The van der Waals surface area contributed by atoms with Crippen LogP contribution in [0.15, 0.2) is 46.3 Å². The molecule has 0 aliphatic carbocycles. The molecule has 1 amide bonds. The Morgan fingerprint density at radius 2 is 2.07 bits per heavy atom. The van der Waals surface area contributed by atoms with Gasteiger partial charge in [-0.1, -0.05) is 11.6 Å². The van der Waals surface area contributed by atoms with E-state index in [-0.39, 0.29) is 11.3 Å². The van der Waals surface area contributed by atoms with Gasteiger partial charge in [0.15, 0.2) is 5.13 Å². The summed E-state index contributed by atoms with van der Waals surface area (Å²) in [4.78, 5) is 27.3. The van der Waals surface area contributed by atoms with Crippen molar-refractivity contribution < 1.29 is 14.5 Å². The second-order valence-electron chi connectivity index (χ2n) is 5.62. The van der Waals surface area contributed by atoms with Crippen LogP contribution in [0.2, 0.25) is 0 Å². The molecule has 7 nitrogen and oxygen atoms in total. The Labute approximate surface area is 167 Å². The van der Waals surface area contributed by atoms with Gasteiger partial charge in [-0.2, -0.15) is 0 Å². The predicted molar refractivity (Wildman–Crippen MR) is 108 cm³/mol. The molecule has 0 spiro atoms. The van der Waals surface area contributed by atoms with E-state index in [0.29, 0.717) is 21.0 Å². The molecule has 0 unspecified atom stereocenters. The maximum absolute atomic E-state index is 12.4. The van der Waals surface area contributed by atoms with E-state index in [2.05, 4.69) is 26.2 Å². The van der Waals surface area contributed by atoms with Gasteiger partial charge in [-0.05, 0) is 47.1 Å². The Morgan fingerprint density at radius 3 is 2.78 bits per heavy atom. The van der Waals surface area contributed by atoms with E-state index >= 15 is 0 Å². The van der Waals surface area contributed by atoms with E-state index in [1.165, 1.54) is 29.5 Å². The number of nitro groups is 1. The second-order valence-corrected chi connectivity index (χ2v) is 7.33. The number of amides is 1. The highest BCUT2D eigenvalue weighted by Crippen LogP contribution is 2.33. The fourth-order valence-electron chi connectivity index (χ4n) is 2.44. The highest BCUT2D eigenvalue weighted by molar-refractivity contribution is 9.10. The molecule has 3 aromatic rings. The summed E-state index contributed by atoms with van der Waals surface area (Å²) < 4.78 is 5.68. The SMILES string of the molecule is COc1ccc(C)cc1-c1csc(NC(=O)c2ccc(Br)c([N+](=O)[O-])c2)n1. The van der Waals surface area contributed by atoms with Crippen molar-refractivity contribution in [1.82, 2.24) is 4.98 Å². The lowest BCUT2D eigenvalue weighted by molar-refractivity contribution is -0.385. The Balaban J connectivity index is 1.84. The summed E-state index contributed by atoms with van der Waals surface area (Å²) in [5.41, 5.74) is 2.57. The second kappa shape index (κ2) is 7.85. The number of hydrogen-bond donors (Lipinski definition) is 1. The van der Waals surface area contributed by atoms with Crippen LogP contribution in [0.1, 0.15) is 15.9 Å². The average Bonchev–Trinajstić information content (AvgIpc) is 3.10. The topological polar surface area (TPSA) is 94.4 Å². The zero-order valence-corrected chi connectivity index (χ0v) is 16.8. The number of carbonyl (C=O) groups excluding carboxylic acids is 1. The fraction of sp³-hybridized carbons (Fsp3) is 0.111. The number of ether oxygens (including phenoxy) is 1. The highest BCUT2D eigenvalue weighted by Gasteiger charge is 2.17. The van der Waals surface area contributed by atoms with Gasteiger partial charge >= 0.3 is 0 Å². The maximum Gasteiger partial charge on any atom is 0.284 e. The lowest BCUT2D eigenvalue weighted by Gasteiger charge is -2.07. The van der Waals surface area contributed by atoms with Gasteiger partial charge < -0.3 is 4.74 Å². The monoisotopic (exact) mass is 447 g/mol. The Bertz CT molecular complexity index is 1040. The molecular formula is C18H14BrN3O4S. The van der Waals surface area contributed by atoms with E-state index in [9.17, 15) is 14.9 Å². The first kappa shape index (κ1) is 19.0. The van der Waals surface area contributed by atoms with Crippen molar-refractivity contribution in [3.8, 4) is 17.0 Å². The van der Waals surface area contributed by atoms with Crippen molar-refractivity contribution in [3.05, 3.63) is 67.5 Å². The third kappa shape index (κ3) is 4.15. The first-order chi connectivity index (χ1) is 12.9. The van der Waals surface area contributed by atoms with Gasteiger partial charge in [0.05, 0.1) is 22.2 Å². The van der Waals surface area contributed by atoms with Crippen molar-refractivity contribution in [2.45, 2.75) is 6.92 Å². The Hall–Kier alpha value is -2.78. The van der Waals surface area contributed by atoms with Gasteiger partial charge in [-0.3, -0.25) is 20.2 Å². The summed E-state index contributed by atoms with van der Waals surface area (Å²) in [6, 6.07) is 9.96. The molecule has 1 aromatic heterocycles. The molecule has 27 heavy (non-hydrogen) atoms. The van der Waals surface area contributed by atoms with Crippen LogP contribution in [0.25, 0.3) is 11.3 Å². The third-order valence-corrected chi connectivity index (χ3v) is 5.19. The molecule has 9 heteroatoms. The minimum Gasteiger partial charge on any atom is -0.496 e. The summed E-state index contributed by atoms with van der Waals surface area (Å²) in [6.45, 7) is 1.97. The molecule has 3 rings (SSSR count). The molecule has 0 saturated heterocycles. The van der Waals surface area contributed by atoms with Gasteiger partial charge in [-0.15, -0.1) is 11.3 Å². The first-order valence-corrected chi connectivity index (χ1v) is 9.42. The molecule has 0 radical (unpaired) electrons. The summed E-state index contributed by atoms with van der Waals surface area (Å²) >= 11 is 4.36. The number of thiazole rings is 1. The molecular weight excluding hydrogens is 434 g/mol. The number of methoxy groups -OCH3 is 1. The van der Waals surface area contributed by atoms with Gasteiger partial charge in [0, 0.05) is 22.6 Å². The molecule has 2 aromatic carbocycles. The number of nitrogens with zero attached hydrogens (tertiary/aromatic N) is 2. The van der Waals surface area contributed by atoms with E-state index in [1.807, 2.05) is 30.5 Å². The molecule has 0 bridgehead atoms. The summed E-state index contributed by atoms with van der Waals surface area (Å²) in [5.74, 6) is 0.218. The number of nitrogens with one attached hydrogen (secondary N) is 1. The first-order valence-electron chi connectivity index (χ1n) is 7.75. The number of benzene rings is 2. The number of carbonyl (C=O) groups is 1. The zero-order valence-electron chi connectivity index (χ0n) is 14.4. The molecule has 0 atom stereocenters. The fourth-order valence-corrected chi connectivity index (χ4v) is 3.54. The predicted octanol–water partition coefficient (Wildman–Crippen LogP) is 5.05. The standard InChI is InChI=1S/C18H14BrN3O4S/c1-10-3-6-16(26-2)12(7-10)14-9-27-18(20-14)21-17(23)11-4-5-13(19)15(8-11)22(24)25/h3-9H,1-2H3,(H,20,21,23). The van der Waals surface area contributed by atoms with Gasteiger partial charge in [-0.25, -0.2) is 4.98 Å². The van der Waals surface area contributed by atoms with Crippen LogP contribution in [0.3, 0.4) is 0 Å². The van der Waals surface area contributed by atoms with E-state index in [4.69, 9.17) is 4.74 Å². The summed E-state index contributed by atoms with van der Waals surface area (Å²) in [6.07, 6.45) is 0. The van der Waals surface area contributed by atoms with Crippen LogP contribution in [-0.2, 0) is 0 Å². The normalized spacial score (nSPS) is 10.5. The molecule has 0 aliphatic heterocycles. The van der Waals surface area contributed by atoms with Crippen molar-refractivity contribution in [2.75, 3.05) is 12.4 Å². The van der Waals surface area contributed by atoms with Crippen LogP contribution in [0, 0.1) is 17.0 Å². The van der Waals surface area contributed by atoms with E-state index in [1.54, 1.807) is 7.11 Å². The molecule has 138 valence electrons. The zero-order chi connectivity index (χ0) is 19.6. The molecule has 0 aliphatic rings. The third-order valence-electron chi connectivity index (χ3n) is 3.76. The number of aromatic nitrogens is 1. The van der Waals surface area contributed by atoms with Gasteiger partial charge in [0.2, 0.25) is 0 Å². The van der Waals surface area contributed by atoms with Crippen LogP contribution in [-0.4, -0.2) is 22.9 Å². The number of hydrogen-bond acceptors (Lipinski definition) is 6. The minimum atomic E-state index is -0.549. The van der Waals surface area contributed by atoms with E-state index in [0.717, 1.165) is 11.1 Å². The number of aryl methyl sites for hydroxylation is 1. The lowest BCUT2D eigenvalue weighted by Crippen LogP contribution is -2.12. The molecule has 0 saturated carbocycles. The number of nitro benzene ring substituents is 1. The van der Waals surface area contributed by atoms with Gasteiger partial charge in [0.25, 0.3) is 11.6 Å². The van der Waals surface area contributed by atoms with Crippen LogP contribution < -0.4 is 10.1 Å². The van der Waals surface area contributed by atoms with Crippen molar-refractivity contribution in [2.24, 2.45) is 0 Å². The number of rotatable bonds is 5. The van der Waals surface area contributed by atoms with Crippen LogP contribution in [0.5, 0.6) is 5.75 Å². The van der Waals surface area contributed by atoms with Crippen LogP contribution in [0.4, 0.5) is 10.8 Å². The molecule has 1 N–H and O–H groups in total. The highest BCUT2D eigenvalue weighted by atomic mass is 79.9.